The first-order valence-electron chi connectivity index (χ1n) is 11.0. The second-order valence-corrected chi connectivity index (χ2v) is 10.0. The second kappa shape index (κ2) is 5.92. The van der Waals surface area contributed by atoms with Crippen molar-refractivity contribution in [3.8, 4) is 0 Å². The Hall–Kier alpha value is -0.260. The van der Waals surface area contributed by atoms with Crippen molar-refractivity contribution < 1.29 is 0 Å². The number of fused-ring (bicyclic) bond motifs is 3. The normalized spacial score (nSPS) is 52.5. The van der Waals surface area contributed by atoms with Gasteiger partial charge in [-0.15, -0.1) is 0 Å². The minimum Gasteiger partial charge on any atom is -0.0819 e. The molecule has 0 aromatic carbocycles. The first kappa shape index (κ1) is 15.0. The Bertz CT molecular complexity index is 472. The average molecular weight is 313 g/mol. The zero-order chi connectivity index (χ0) is 15.4. The summed E-state index contributed by atoms with van der Waals surface area (Å²) in [6.07, 6.45) is 21.5. The standard InChI is InChI=1S/C23H36/c1-15-12-18-14-17-8-5-10-20(17)23(22(18)13-15)21-11-4-7-16-6-2-3-9-19(16)21/h13,16-23H,2-12,14H2,1H3. The predicted octanol–water partition coefficient (Wildman–Crippen LogP) is 6.61. The Morgan fingerprint density at radius 3 is 2.30 bits per heavy atom. The first-order valence-corrected chi connectivity index (χ1v) is 11.0. The van der Waals surface area contributed by atoms with Gasteiger partial charge in [0.05, 0.1) is 0 Å². The molecule has 0 aromatic heterocycles. The summed E-state index contributed by atoms with van der Waals surface area (Å²) in [5, 5.41) is 0. The number of hydrogen-bond donors (Lipinski definition) is 0. The highest BCUT2D eigenvalue weighted by atomic mass is 14.6. The van der Waals surface area contributed by atoms with Crippen molar-refractivity contribution in [2.45, 2.75) is 84.0 Å². The lowest BCUT2D eigenvalue weighted by Gasteiger charge is -2.52. The van der Waals surface area contributed by atoms with E-state index in [0.29, 0.717) is 0 Å². The largest absolute Gasteiger partial charge is 0.0819 e. The van der Waals surface area contributed by atoms with Crippen LogP contribution in [0.15, 0.2) is 11.6 Å². The van der Waals surface area contributed by atoms with Crippen molar-refractivity contribution in [3.63, 3.8) is 0 Å². The lowest BCUT2D eigenvalue weighted by molar-refractivity contribution is -0.0241. The molecular formula is C23H36. The molecule has 0 radical (unpaired) electrons. The number of rotatable bonds is 1. The van der Waals surface area contributed by atoms with Gasteiger partial charge in [0.25, 0.3) is 0 Å². The van der Waals surface area contributed by atoms with Gasteiger partial charge in [-0.1, -0.05) is 56.6 Å². The van der Waals surface area contributed by atoms with Crippen LogP contribution >= 0.6 is 0 Å². The highest BCUT2D eigenvalue weighted by Gasteiger charge is 2.52. The molecule has 8 unspecified atom stereocenters. The van der Waals surface area contributed by atoms with Gasteiger partial charge >= 0.3 is 0 Å². The molecule has 0 nitrogen and oxygen atoms in total. The molecule has 8 atom stereocenters. The molecule has 5 aliphatic rings. The summed E-state index contributed by atoms with van der Waals surface area (Å²) < 4.78 is 0. The Kier molecular flexibility index (Phi) is 3.87. The Labute approximate surface area is 143 Å². The minimum absolute atomic E-state index is 0.986. The minimum atomic E-state index is 0.986. The van der Waals surface area contributed by atoms with E-state index in [1.54, 1.807) is 69.8 Å². The molecule has 0 spiro atoms. The molecule has 0 aliphatic heterocycles. The van der Waals surface area contributed by atoms with Gasteiger partial charge in [-0.25, -0.2) is 0 Å². The third-order valence-electron chi connectivity index (χ3n) is 8.99. The Balaban J connectivity index is 1.47. The molecule has 0 heteroatoms. The molecule has 0 amide bonds. The van der Waals surface area contributed by atoms with E-state index in [4.69, 9.17) is 0 Å². The van der Waals surface area contributed by atoms with Crippen LogP contribution < -0.4 is 0 Å². The lowest BCUT2D eigenvalue weighted by Crippen LogP contribution is -2.45. The van der Waals surface area contributed by atoms with Gasteiger partial charge in [0.1, 0.15) is 0 Å². The first-order chi connectivity index (χ1) is 11.3. The molecule has 4 saturated carbocycles. The van der Waals surface area contributed by atoms with E-state index in [1.165, 1.54) is 12.8 Å². The molecule has 0 saturated heterocycles. The Morgan fingerprint density at radius 2 is 1.39 bits per heavy atom. The van der Waals surface area contributed by atoms with Gasteiger partial charge < -0.3 is 0 Å². The Morgan fingerprint density at radius 1 is 0.696 bits per heavy atom. The van der Waals surface area contributed by atoms with Crippen molar-refractivity contribution in [1.82, 2.24) is 0 Å². The van der Waals surface area contributed by atoms with E-state index in [1.807, 2.05) is 0 Å². The average Bonchev–Trinajstić information content (AvgIpc) is 3.17. The summed E-state index contributed by atoms with van der Waals surface area (Å²) in [7, 11) is 0. The van der Waals surface area contributed by atoms with Crippen LogP contribution in [0, 0.1) is 47.3 Å². The van der Waals surface area contributed by atoms with Gasteiger partial charge in [-0.2, -0.15) is 0 Å². The molecule has 23 heavy (non-hydrogen) atoms. The monoisotopic (exact) mass is 312 g/mol. The summed E-state index contributed by atoms with van der Waals surface area (Å²) in [5.41, 5.74) is 1.74. The summed E-state index contributed by atoms with van der Waals surface area (Å²) in [5.74, 6) is 8.70. The van der Waals surface area contributed by atoms with Crippen molar-refractivity contribution >= 4 is 0 Å². The van der Waals surface area contributed by atoms with Gasteiger partial charge in [0.2, 0.25) is 0 Å². The van der Waals surface area contributed by atoms with Crippen LogP contribution in [0.1, 0.15) is 84.0 Å². The topological polar surface area (TPSA) is 0 Å². The number of allylic oxidation sites excluding steroid dienone is 2. The van der Waals surface area contributed by atoms with Crippen LogP contribution in [0.2, 0.25) is 0 Å². The van der Waals surface area contributed by atoms with Crippen LogP contribution in [0.3, 0.4) is 0 Å². The highest BCUT2D eigenvalue weighted by Crippen LogP contribution is 2.60. The second-order valence-electron chi connectivity index (χ2n) is 10.0. The van der Waals surface area contributed by atoms with Gasteiger partial charge in [-0.3, -0.25) is 0 Å². The smallest absolute Gasteiger partial charge is 0.0166 e. The van der Waals surface area contributed by atoms with E-state index in [-0.39, 0.29) is 0 Å². The van der Waals surface area contributed by atoms with E-state index in [9.17, 15) is 0 Å². The summed E-state index contributed by atoms with van der Waals surface area (Å²) in [6, 6.07) is 0. The van der Waals surface area contributed by atoms with E-state index < -0.39 is 0 Å². The lowest BCUT2D eigenvalue weighted by atomic mass is 9.53. The van der Waals surface area contributed by atoms with Crippen LogP contribution in [-0.2, 0) is 0 Å². The van der Waals surface area contributed by atoms with Crippen LogP contribution in [-0.4, -0.2) is 0 Å². The van der Waals surface area contributed by atoms with E-state index in [0.717, 1.165) is 47.3 Å². The molecule has 4 fully saturated rings. The third-order valence-corrected chi connectivity index (χ3v) is 8.99. The molecule has 128 valence electrons. The maximum absolute atomic E-state index is 2.77. The summed E-state index contributed by atoms with van der Waals surface area (Å²) in [6.45, 7) is 2.43. The van der Waals surface area contributed by atoms with Gasteiger partial charge in [0, 0.05) is 0 Å². The zero-order valence-electron chi connectivity index (χ0n) is 15.2. The maximum atomic E-state index is 2.77. The van der Waals surface area contributed by atoms with Gasteiger partial charge in [-0.05, 0) is 86.4 Å². The number of hydrogen-bond acceptors (Lipinski definition) is 0. The van der Waals surface area contributed by atoms with Crippen molar-refractivity contribution in [2.24, 2.45) is 47.3 Å². The van der Waals surface area contributed by atoms with Crippen molar-refractivity contribution in [1.29, 1.82) is 0 Å². The molecule has 0 bridgehead atoms. The summed E-state index contributed by atoms with van der Waals surface area (Å²) in [4.78, 5) is 0. The molecule has 0 heterocycles. The van der Waals surface area contributed by atoms with Crippen LogP contribution in [0.5, 0.6) is 0 Å². The van der Waals surface area contributed by atoms with Crippen molar-refractivity contribution in [3.05, 3.63) is 11.6 Å². The SMILES string of the molecule is CC1=CC2C(C1)CC1CCCC1C2C1CCCC2CCCCC21. The fraction of sp³-hybridized carbons (Fsp3) is 0.913. The van der Waals surface area contributed by atoms with Crippen LogP contribution in [0.4, 0.5) is 0 Å². The fourth-order valence-electron chi connectivity index (χ4n) is 8.36. The molecular weight excluding hydrogens is 276 g/mol. The van der Waals surface area contributed by atoms with Crippen LogP contribution in [0.25, 0.3) is 0 Å². The van der Waals surface area contributed by atoms with Crippen molar-refractivity contribution in [2.75, 3.05) is 0 Å². The molecule has 0 aromatic rings. The zero-order valence-corrected chi connectivity index (χ0v) is 15.2. The molecule has 5 aliphatic carbocycles. The maximum Gasteiger partial charge on any atom is -0.0166 e. The molecule has 5 rings (SSSR count). The quantitative estimate of drug-likeness (QED) is 0.478. The van der Waals surface area contributed by atoms with Gasteiger partial charge in [0.15, 0.2) is 0 Å². The summed E-state index contributed by atoms with van der Waals surface area (Å²) >= 11 is 0. The van der Waals surface area contributed by atoms with E-state index >= 15 is 0 Å². The predicted molar refractivity (Wildman–Crippen MR) is 97.1 cm³/mol. The van der Waals surface area contributed by atoms with E-state index in [2.05, 4.69) is 13.0 Å². The third kappa shape index (κ3) is 2.46. The fourth-order valence-corrected chi connectivity index (χ4v) is 8.36. The highest BCUT2D eigenvalue weighted by molar-refractivity contribution is 5.17. The molecule has 0 N–H and O–H groups in total.